The number of carboxylic acids is 1. The third-order valence-corrected chi connectivity index (χ3v) is 3.86. The first-order valence-electron chi connectivity index (χ1n) is 5.81. The highest BCUT2D eigenvalue weighted by Crippen LogP contribution is 2.32. The van der Waals surface area contributed by atoms with Crippen LogP contribution in [0.1, 0.15) is 21.0 Å². The minimum atomic E-state index is -3.54. The quantitative estimate of drug-likeness (QED) is 0.673. The maximum atomic E-state index is 13.2. The minimum absolute atomic E-state index is 0.105. The van der Waals surface area contributed by atoms with E-state index >= 15 is 0 Å². The third kappa shape index (κ3) is 3.08. The average molecular weight is 313 g/mol. The zero-order chi connectivity index (χ0) is 15.6. The standard InChI is InChI=1S/C13H9F2NO4S/c14-13(15)6-8(7-17)16(12(13)20)5-1-2-9-3-4-10(21-9)11(18)19/h3-4,7-8H,5-6H2,(H,18,19)/t8-/m1/s1. The second-order valence-corrected chi connectivity index (χ2v) is 5.40. The number of halogens is 2. The Morgan fingerprint density at radius 1 is 1.57 bits per heavy atom. The second-order valence-electron chi connectivity index (χ2n) is 4.32. The van der Waals surface area contributed by atoms with Crippen LogP contribution in [-0.4, -0.2) is 46.7 Å². The van der Waals surface area contributed by atoms with Crippen molar-refractivity contribution in [2.24, 2.45) is 0 Å². The SMILES string of the molecule is O=C[C@H]1CC(F)(F)C(=O)N1CC#Cc1ccc(C(=O)O)s1. The summed E-state index contributed by atoms with van der Waals surface area (Å²) in [6, 6.07) is 1.68. The number of alkyl halides is 2. The van der Waals surface area contributed by atoms with Crippen molar-refractivity contribution in [3.8, 4) is 11.8 Å². The maximum Gasteiger partial charge on any atom is 0.345 e. The van der Waals surface area contributed by atoms with Crippen molar-refractivity contribution < 1.29 is 28.3 Å². The number of rotatable bonds is 3. The molecule has 8 heteroatoms. The van der Waals surface area contributed by atoms with Gasteiger partial charge >= 0.3 is 11.9 Å². The molecule has 21 heavy (non-hydrogen) atoms. The molecule has 0 aromatic carbocycles. The summed E-state index contributed by atoms with van der Waals surface area (Å²) in [5, 5.41) is 8.74. The molecule has 2 rings (SSSR count). The van der Waals surface area contributed by atoms with E-state index in [1.165, 1.54) is 12.1 Å². The van der Waals surface area contributed by atoms with E-state index in [1.807, 2.05) is 0 Å². The molecule has 2 heterocycles. The summed E-state index contributed by atoms with van der Waals surface area (Å²) in [6.45, 7) is -0.307. The Balaban J connectivity index is 2.08. The van der Waals surface area contributed by atoms with Gasteiger partial charge in [-0.3, -0.25) is 4.79 Å². The summed E-state index contributed by atoms with van der Waals surface area (Å²) < 4.78 is 26.4. The van der Waals surface area contributed by atoms with E-state index in [0.717, 1.165) is 16.2 Å². The van der Waals surface area contributed by atoms with E-state index in [9.17, 15) is 23.2 Å². The van der Waals surface area contributed by atoms with Crippen LogP contribution < -0.4 is 0 Å². The molecule has 1 aliphatic heterocycles. The summed E-state index contributed by atoms with van der Waals surface area (Å²) in [5.41, 5.74) is 0. The molecule has 1 aliphatic rings. The molecule has 0 bridgehead atoms. The van der Waals surface area contributed by atoms with E-state index in [1.54, 1.807) is 0 Å². The Hall–Kier alpha value is -2.27. The number of amides is 1. The molecule has 0 spiro atoms. The lowest BCUT2D eigenvalue weighted by atomic mass is 10.2. The number of carbonyl (C=O) groups is 3. The largest absolute Gasteiger partial charge is 0.477 e. The normalized spacial score (nSPS) is 20.0. The summed E-state index contributed by atoms with van der Waals surface area (Å²) >= 11 is 0.936. The highest BCUT2D eigenvalue weighted by Gasteiger charge is 2.53. The van der Waals surface area contributed by atoms with Crippen LogP contribution in [0.3, 0.4) is 0 Å². The number of likely N-dealkylation sites (tertiary alicyclic amines) is 1. The number of nitrogens with zero attached hydrogens (tertiary/aromatic N) is 1. The number of carboxylic acid groups (broad SMARTS) is 1. The number of carbonyl (C=O) groups excluding carboxylic acids is 2. The lowest BCUT2D eigenvalue weighted by Gasteiger charge is -2.16. The fourth-order valence-corrected chi connectivity index (χ4v) is 2.58. The molecule has 1 aromatic rings. The molecule has 1 aromatic heterocycles. The van der Waals surface area contributed by atoms with Crippen LogP contribution >= 0.6 is 11.3 Å². The van der Waals surface area contributed by atoms with Gasteiger partial charge in [0.1, 0.15) is 11.2 Å². The molecule has 1 N–H and O–H groups in total. The van der Waals surface area contributed by atoms with Crippen molar-refractivity contribution >= 4 is 29.5 Å². The van der Waals surface area contributed by atoms with Crippen LogP contribution in [0.5, 0.6) is 0 Å². The maximum absolute atomic E-state index is 13.2. The number of aromatic carboxylic acids is 1. The van der Waals surface area contributed by atoms with Crippen molar-refractivity contribution in [1.82, 2.24) is 4.90 Å². The van der Waals surface area contributed by atoms with Gasteiger partial charge in [0.25, 0.3) is 5.91 Å². The van der Waals surface area contributed by atoms with E-state index < -0.39 is 30.3 Å². The smallest absolute Gasteiger partial charge is 0.345 e. The molecular formula is C13H9F2NO4S. The van der Waals surface area contributed by atoms with Crippen molar-refractivity contribution in [1.29, 1.82) is 0 Å². The topological polar surface area (TPSA) is 74.7 Å². The van der Waals surface area contributed by atoms with Crippen LogP contribution in [0.25, 0.3) is 0 Å². The molecule has 0 saturated carbocycles. The zero-order valence-electron chi connectivity index (χ0n) is 10.5. The molecule has 0 unspecified atom stereocenters. The number of thiophene rings is 1. The predicted octanol–water partition coefficient (Wildman–Crippen LogP) is 1.23. The van der Waals surface area contributed by atoms with Gasteiger partial charge in [0.05, 0.1) is 17.5 Å². The van der Waals surface area contributed by atoms with Crippen molar-refractivity contribution in [3.63, 3.8) is 0 Å². The number of hydrogen-bond donors (Lipinski definition) is 1. The van der Waals surface area contributed by atoms with Gasteiger partial charge in [0.2, 0.25) is 0 Å². The Morgan fingerprint density at radius 2 is 2.29 bits per heavy atom. The van der Waals surface area contributed by atoms with Gasteiger partial charge in [-0.1, -0.05) is 11.8 Å². The molecule has 1 fully saturated rings. The van der Waals surface area contributed by atoms with Crippen LogP contribution in [0.2, 0.25) is 0 Å². The van der Waals surface area contributed by atoms with Gasteiger partial charge in [-0.15, -0.1) is 11.3 Å². The first kappa shape index (κ1) is 15.1. The molecule has 1 atom stereocenters. The molecule has 0 radical (unpaired) electrons. The first-order chi connectivity index (χ1) is 9.85. The van der Waals surface area contributed by atoms with Crippen LogP contribution in [0, 0.1) is 11.8 Å². The van der Waals surface area contributed by atoms with Gasteiger partial charge in [-0.2, -0.15) is 8.78 Å². The Kier molecular flexibility index (Phi) is 4.04. The van der Waals surface area contributed by atoms with Crippen LogP contribution in [0.4, 0.5) is 8.78 Å². The summed E-state index contributed by atoms with van der Waals surface area (Å²) in [7, 11) is 0. The van der Waals surface area contributed by atoms with Gasteiger partial charge < -0.3 is 14.8 Å². The minimum Gasteiger partial charge on any atom is -0.477 e. The Morgan fingerprint density at radius 3 is 2.86 bits per heavy atom. The van der Waals surface area contributed by atoms with Crippen LogP contribution in [-0.2, 0) is 9.59 Å². The highest BCUT2D eigenvalue weighted by atomic mass is 32.1. The van der Waals surface area contributed by atoms with Gasteiger partial charge in [0.15, 0.2) is 0 Å². The van der Waals surface area contributed by atoms with Crippen molar-refractivity contribution in [3.05, 3.63) is 21.9 Å². The molecule has 0 aliphatic carbocycles. The number of aldehydes is 1. The predicted molar refractivity (Wildman–Crippen MR) is 69.3 cm³/mol. The van der Waals surface area contributed by atoms with Gasteiger partial charge in [-0.25, -0.2) is 4.79 Å². The lowest BCUT2D eigenvalue weighted by Crippen LogP contribution is -2.37. The van der Waals surface area contributed by atoms with Crippen molar-refractivity contribution in [2.45, 2.75) is 18.4 Å². The summed E-state index contributed by atoms with van der Waals surface area (Å²) in [6.07, 6.45) is -0.534. The second kappa shape index (κ2) is 5.61. The fraction of sp³-hybridized carbons (Fsp3) is 0.308. The fourth-order valence-electron chi connectivity index (χ4n) is 1.86. The van der Waals surface area contributed by atoms with Gasteiger partial charge in [0, 0.05) is 6.42 Å². The Labute approximate surface area is 122 Å². The van der Waals surface area contributed by atoms with E-state index in [2.05, 4.69) is 11.8 Å². The van der Waals surface area contributed by atoms with Crippen LogP contribution in [0.15, 0.2) is 12.1 Å². The van der Waals surface area contributed by atoms with E-state index in [4.69, 9.17) is 5.11 Å². The lowest BCUT2D eigenvalue weighted by molar-refractivity contribution is -0.147. The molecule has 110 valence electrons. The molecule has 1 saturated heterocycles. The van der Waals surface area contributed by atoms with E-state index in [-0.39, 0.29) is 11.4 Å². The summed E-state index contributed by atoms with van der Waals surface area (Å²) in [5.74, 6) is -0.927. The average Bonchev–Trinajstić information content (AvgIpc) is 2.97. The first-order valence-corrected chi connectivity index (χ1v) is 6.63. The van der Waals surface area contributed by atoms with Gasteiger partial charge in [-0.05, 0) is 12.1 Å². The highest BCUT2D eigenvalue weighted by molar-refractivity contribution is 7.14. The third-order valence-electron chi connectivity index (χ3n) is 2.87. The summed E-state index contributed by atoms with van der Waals surface area (Å²) in [4.78, 5) is 34.1. The monoisotopic (exact) mass is 313 g/mol. The Bertz CT molecular complexity index is 659. The molecule has 1 amide bonds. The van der Waals surface area contributed by atoms with Crippen molar-refractivity contribution in [2.75, 3.05) is 6.54 Å². The molecule has 5 nitrogen and oxygen atoms in total. The zero-order valence-corrected chi connectivity index (χ0v) is 11.3. The van der Waals surface area contributed by atoms with E-state index in [0.29, 0.717) is 11.2 Å². The molecular weight excluding hydrogens is 304 g/mol. The number of hydrogen-bond acceptors (Lipinski definition) is 4.